The summed E-state index contributed by atoms with van der Waals surface area (Å²) in [4.78, 5) is 0. The van der Waals surface area contributed by atoms with Gasteiger partial charge in [-0.2, -0.15) is 0 Å². The minimum atomic E-state index is -3.10. The van der Waals surface area contributed by atoms with Crippen LogP contribution in [0.3, 0.4) is 0 Å². The van der Waals surface area contributed by atoms with Crippen LogP contribution in [0.4, 0.5) is 0 Å². The van der Waals surface area contributed by atoms with Gasteiger partial charge < -0.3 is 14.8 Å². The standard InChI is InChI=1S/C16H26N2O4S/c1-12-8-13-9-15(21-3)14(10-16(13)22-12)11-17-6-5-7-18(2)23(4,19)20/h9-10,12,17H,5-8,11H2,1-4H3/t12-/m0/s1. The fourth-order valence-electron chi connectivity index (χ4n) is 2.63. The topological polar surface area (TPSA) is 67.9 Å². The molecule has 2 rings (SSSR count). The van der Waals surface area contributed by atoms with E-state index in [9.17, 15) is 8.42 Å². The van der Waals surface area contributed by atoms with Crippen LogP contribution in [0.25, 0.3) is 0 Å². The molecule has 1 aromatic carbocycles. The fraction of sp³-hybridized carbons (Fsp3) is 0.625. The molecule has 0 fully saturated rings. The molecule has 1 aliphatic rings. The summed E-state index contributed by atoms with van der Waals surface area (Å²) in [6, 6.07) is 4.08. The van der Waals surface area contributed by atoms with Gasteiger partial charge in [-0.25, -0.2) is 12.7 Å². The molecule has 1 aliphatic heterocycles. The van der Waals surface area contributed by atoms with Crippen molar-refractivity contribution in [3.63, 3.8) is 0 Å². The molecule has 1 aromatic rings. The van der Waals surface area contributed by atoms with Crippen molar-refractivity contribution in [3.05, 3.63) is 23.3 Å². The minimum absolute atomic E-state index is 0.212. The third kappa shape index (κ3) is 4.83. The van der Waals surface area contributed by atoms with Gasteiger partial charge in [-0.3, -0.25) is 0 Å². The van der Waals surface area contributed by atoms with Crippen molar-refractivity contribution >= 4 is 10.0 Å². The number of ether oxygens (including phenoxy) is 2. The maximum atomic E-state index is 11.3. The Balaban J connectivity index is 1.85. The van der Waals surface area contributed by atoms with Gasteiger partial charge in [0.05, 0.1) is 13.4 Å². The van der Waals surface area contributed by atoms with Crippen molar-refractivity contribution in [2.75, 3.05) is 33.5 Å². The summed E-state index contributed by atoms with van der Waals surface area (Å²) in [5.41, 5.74) is 2.24. The van der Waals surface area contributed by atoms with Gasteiger partial charge in [-0.1, -0.05) is 0 Å². The molecule has 0 aromatic heterocycles. The van der Waals surface area contributed by atoms with Gasteiger partial charge >= 0.3 is 0 Å². The number of sulfonamides is 1. The molecule has 0 saturated carbocycles. The molecule has 0 bridgehead atoms. The molecule has 0 saturated heterocycles. The van der Waals surface area contributed by atoms with Crippen molar-refractivity contribution in [2.45, 2.75) is 32.4 Å². The average molecular weight is 342 g/mol. The van der Waals surface area contributed by atoms with E-state index in [2.05, 4.69) is 12.2 Å². The lowest BCUT2D eigenvalue weighted by atomic mass is 10.1. The maximum absolute atomic E-state index is 11.3. The summed E-state index contributed by atoms with van der Waals surface area (Å²) in [6.07, 6.45) is 3.10. The molecule has 0 amide bonds. The van der Waals surface area contributed by atoms with E-state index in [0.717, 1.165) is 36.4 Å². The highest BCUT2D eigenvalue weighted by atomic mass is 32.2. The number of benzene rings is 1. The predicted molar refractivity (Wildman–Crippen MR) is 90.6 cm³/mol. The van der Waals surface area contributed by atoms with E-state index in [1.807, 2.05) is 12.1 Å². The number of hydrogen-bond acceptors (Lipinski definition) is 5. The monoisotopic (exact) mass is 342 g/mol. The fourth-order valence-corrected chi connectivity index (χ4v) is 3.09. The normalized spacial score (nSPS) is 17.2. The van der Waals surface area contributed by atoms with Gasteiger partial charge in [0, 0.05) is 37.7 Å². The first-order chi connectivity index (χ1) is 10.8. The lowest BCUT2D eigenvalue weighted by Gasteiger charge is -2.15. The van der Waals surface area contributed by atoms with Crippen molar-refractivity contribution in [1.82, 2.24) is 9.62 Å². The number of hydrogen-bond donors (Lipinski definition) is 1. The SMILES string of the molecule is COc1cc2c(cc1CNCCCN(C)S(C)(=O)=O)O[C@@H](C)C2. The average Bonchev–Trinajstić information content (AvgIpc) is 2.83. The van der Waals surface area contributed by atoms with Crippen LogP contribution in [-0.4, -0.2) is 52.3 Å². The Morgan fingerprint density at radius 2 is 2.17 bits per heavy atom. The van der Waals surface area contributed by atoms with Gasteiger partial charge in [-0.05, 0) is 32.0 Å². The highest BCUT2D eigenvalue weighted by Gasteiger charge is 2.21. The Hall–Kier alpha value is -1.31. The van der Waals surface area contributed by atoms with Gasteiger partial charge in [0.15, 0.2) is 0 Å². The van der Waals surface area contributed by atoms with Crippen LogP contribution < -0.4 is 14.8 Å². The number of nitrogens with one attached hydrogen (secondary N) is 1. The van der Waals surface area contributed by atoms with Crippen molar-refractivity contribution in [3.8, 4) is 11.5 Å². The molecular formula is C16H26N2O4S. The number of fused-ring (bicyclic) bond motifs is 1. The van der Waals surface area contributed by atoms with E-state index in [-0.39, 0.29) is 6.10 Å². The van der Waals surface area contributed by atoms with Gasteiger partial charge in [0.1, 0.15) is 17.6 Å². The zero-order valence-electron chi connectivity index (χ0n) is 14.3. The highest BCUT2D eigenvalue weighted by Crippen LogP contribution is 2.34. The molecule has 6 nitrogen and oxygen atoms in total. The van der Waals surface area contributed by atoms with E-state index in [1.165, 1.54) is 16.1 Å². The number of methoxy groups -OCH3 is 1. The van der Waals surface area contributed by atoms with Crippen molar-refractivity contribution in [1.29, 1.82) is 0 Å². The first kappa shape index (κ1) is 18.0. The Morgan fingerprint density at radius 3 is 2.83 bits per heavy atom. The van der Waals surface area contributed by atoms with E-state index >= 15 is 0 Å². The van der Waals surface area contributed by atoms with Gasteiger partial charge in [0.2, 0.25) is 10.0 Å². The van der Waals surface area contributed by atoms with Crippen LogP contribution in [0, 0.1) is 0 Å². The van der Waals surface area contributed by atoms with Crippen LogP contribution >= 0.6 is 0 Å². The van der Waals surface area contributed by atoms with Crippen LogP contribution in [0.5, 0.6) is 11.5 Å². The van der Waals surface area contributed by atoms with Crippen LogP contribution in [0.15, 0.2) is 12.1 Å². The number of nitrogens with zero attached hydrogens (tertiary/aromatic N) is 1. The van der Waals surface area contributed by atoms with Crippen LogP contribution in [-0.2, 0) is 23.0 Å². The second-order valence-corrected chi connectivity index (χ2v) is 8.11. The lowest BCUT2D eigenvalue weighted by Crippen LogP contribution is -2.28. The zero-order chi connectivity index (χ0) is 17.0. The highest BCUT2D eigenvalue weighted by molar-refractivity contribution is 7.88. The summed E-state index contributed by atoms with van der Waals surface area (Å²) in [7, 11) is 0.171. The Kier molecular flexibility index (Phi) is 5.89. The molecule has 0 radical (unpaired) electrons. The second-order valence-electron chi connectivity index (χ2n) is 6.02. The summed E-state index contributed by atoms with van der Waals surface area (Å²) >= 11 is 0. The Bertz CT molecular complexity index is 646. The van der Waals surface area contributed by atoms with Gasteiger partial charge in [-0.15, -0.1) is 0 Å². The summed E-state index contributed by atoms with van der Waals surface area (Å²) in [5.74, 6) is 1.80. The van der Waals surface area contributed by atoms with Crippen LogP contribution in [0.1, 0.15) is 24.5 Å². The van der Waals surface area contributed by atoms with E-state index < -0.39 is 10.0 Å². The molecule has 7 heteroatoms. The van der Waals surface area contributed by atoms with Crippen LogP contribution in [0.2, 0.25) is 0 Å². The third-order valence-electron chi connectivity index (χ3n) is 4.01. The first-order valence-electron chi connectivity index (χ1n) is 7.79. The molecule has 0 aliphatic carbocycles. The summed E-state index contributed by atoms with van der Waals surface area (Å²) in [5, 5.41) is 3.33. The van der Waals surface area contributed by atoms with E-state index in [1.54, 1.807) is 14.2 Å². The summed E-state index contributed by atoms with van der Waals surface area (Å²) in [6.45, 7) is 3.96. The molecule has 0 unspecified atom stereocenters. The maximum Gasteiger partial charge on any atom is 0.210 e. The molecule has 23 heavy (non-hydrogen) atoms. The zero-order valence-corrected chi connectivity index (χ0v) is 15.1. The van der Waals surface area contributed by atoms with Gasteiger partial charge in [0.25, 0.3) is 0 Å². The van der Waals surface area contributed by atoms with Crippen molar-refractivity contribution < 1.29 is 17.9 Å². The molecule has 130 valence electrons. The molecular weight excluding hydrogens is 316 g/mol. The smallest absolute Gasteiger partial charge is 0.210 e. The minimum Gasteiger partial charge on any atom is -0.496 e. The third-order valence-corrected chi connectivity index (χ3v) is 5.32. The molecule has 1 atom stereocenters. The first-order valence-corrected chi connectivity index (χ1v) is 9.64. The Morgan fingerprint density at radius 1 is 1.43 bits per heavy atom. The molecule has 0 spiro atoms. The quantitative estimate of drug-likeness (QED) is 0.723. The van der Waals surface area contributed by atoms with E-state index in [4.69, 9.17) is 9.47 Å². The summed E-state index contributed by atoms with van der Waals surface area (Å²) < 4.78 is 35.2. The van der Waals surface area contributed by atoms with Crippen molar-refractivity contribution in [2.24, 2.45) is 0 Å². The largest absolute Gasteiger partial charge is 0.496 e. The second kappa shape index (κ2) is 7.51. The lowest BCUT2D eigenvalue weighted by molar-refractivity contribution is 0.254. The Labute approximate surface area is 138 Å². The number of rotatable bonds is 8. The predicted octanol–water partition coefficient (Wildman–Crippen LogP) is 1.39. The van der Waals surface area contributed by atoms with E-state index in [0.29, 0.717) is 13.1 Å². The molecule has 1 N–H and O–H groups in total. The molecule has 1 heterocycles.